The molecule has 5 heteroatoms. The summed E-state index contributed by atoms with van der Waals surface area (Å²) in [6.07, 6.45) is 0.311. The molecule has 0 bridgehead atoms. The second-order valence-electron chi connectivity index (χ2n) is 4.65. The van der Waals surface area contributed by atoms with Gasteiger partial charge >= 0.3 is 5.97 Å². The van der Waals surface area contributed by atoms with E-state index >= 15 is 0 Å². The third-order valence-corrected chi connectivity index (χ3v) is 3.57. The van der Waals surface area contributed by atoms with Gasteiger partial charge in [-0.15, -0.1) is 0 Å². The molecule has 0 aliphatic carbocycles. The number of carbonyl (C=O) groups is 1. The minimum Gasteiger partial charge on any atom is -0.497 e. The molecule has 1 unspecified atom stereocenters. The van der Waals surface area contributed by atoms with Crippen molar-refractivity contribution in [2.75, 3.05) is 7.11 Å². The van der Waals surface area contributed by atoms with Crippen LogP contribution in [0, 0.1) is 6.92 Å². The van der Waals surface area contributed by atoms with Crippen LogP contribution in [0.5, 0.6) is 5.75 Å². The number of hydrogen-bond acceptors (Lipinski definition) is 3. The SMILES string of the molecule is COc1ccc2c(c1)c(CC(N)C(=O)O)c(C)n2C. The number of ether oxygens (including phenoxy) is 1. The third kappa shape index (κ3) is 2.29. The minimum atomic E-state index is -0.987. The largest absolute Gasteiger partial charge is 0.497 e. The van der Waals surface area contributed by atoms with Crippen molar-refractivity contribution in [3.63, 3.8) is 0 Å². The van der Waals surface area contributed by atoms with Gasteiger partial charge in [-0.3, -0.25) is 4.79 Å². The van der Waals surface area contributed by atoms with Crippen molar-refractivity contribution < 1.29 is 14.6 Å². The highest BCUT2D eigenvalue weighted by Crippen LogP contribution is 2.29. The standard InChI is InChI=1S/C14H18N2O3/c1-8-10(7-12(15)14(17)18)11-6-9(19-3)4-5-13(11)16(8)2/h4-6,12H,7,15H2,1-3H3,(H,17,18). The number of aliphatic carboxylic acids is 1. The lowest BCUT2D eigenvalue weighted by molar-refractivity contribution is -0.138. The van der Waals surface area contributed by atoms with E-state index in [1.165, 1.54) is 0 Å². The first-order chi connectivity index (χ1) is 8.95. The van der Waals surface area contributed by atoms with Crippen LogP contribution in [0.25, 0.3) is 10.9 Å². The van der Waals surface area contributed by atoms with Crippen molar-refractivity contribution in [1.82, 2.24) is 4.57 Å². The third-order valence-electron chi connectivity index (χ3n) is 3.57. The number of benzene rings is 1. The van der Waals surface area contributed by atoms with Crippen LogP contribution in [0.2, 0.25) is 0 Å². The molecular formula is C14H18N2O3. The molecule has 0 radical (unpaired) electrons. The smallest absolute Gasteiger partial charge is 0.320 e. The first-order valence-corrected chi connectivity index (χ1v) is 6.06. The number of aryl methyl sites for hydroxylation is 1. The molecule has 2 aromatic rings. The fraction of sp³-hybridized carbons (Fsp3) is 0.357. The number of nitrogens with two attached hydrogens (primary N) is 1. The van der Waals surface area contributed by atoms with Gasteiger partial charge in [0.1, 0.15) is 11.8 Å². The number of rotatable bonds is 4. The molecule has 0 fully saturated rings. The molecule has 0 aliphatic rings. The second kappa shape index (κ2) is 4.93. The molecule has 102 valence electrons. The van der Waals surface area contributed by atoms with Crippen LogP contribution in [0.4, 0.5) is 0 Å². The molecule has 5 nitrogen and oxygen atoms in total. The van der Waals surface area contributed by atoms with E-state index in [1.54, 1.807) is 7.11 Å². The fourth-order valence-electron chi connectivity index (χ4n) is 2.32. The van der Waals surface area contributed by atoms with E-state index in [4.69, 9.17) is 15.6 Å². The molecule has 1 heterocycles. The Hall–Kier alpha value is -2.01. The van der Waals surface area contributed by atoms with E-state index in [0.29, 0.717) is 6.42 Å². The van der Waals surface area contributed by atoms with Crippen molar-refractivity contribution >= 4 is 16.9 Å². The molecule has 0 saturated carbocycles. The zero-order valence-corrected chi connectivity index (χ0v) is 11.3. The van der Waals surface area contributed by atoms with Crippen molar-refractivity contribution in [3.8, 4) is 5.75 Å². The average molecular weight is 262 g/mol. The number of carboxylic acids is 1. The molecular weight excluding hydrogens is 244 g/mol. The first kappa shape index (κ1) is 13.4. The van der Waals surface area contributed by atoms with Gasteiger partial charge in [0.25, 0.3) is 0 Å². The Labute approximate surface area is 111 Å². The van der Waals surface area contributed by atoms with E-state index in [2.05, 4.69) is 0 Å². The molecule has 0 aliphatic heterocycles. The van der Waals surface area contributed by atoms with Crippen LogP contribution in [0.3, 0.4) is 0 Å². The van der Waals surface area contributed by atoms with Gasteiger partial charge in [-0.05, 0) is 30.7 Å². The maximum absolute atomic E-state index is 10.9. The quantitative estimate of drug-likeness (QED) is 0.874. The molecule has 2 rings (SSSR count). The Kier molecular flexibility index (Phi) is 3.48. The first-order valence-electron chi connectivity index (χ1n) is 6.06. The summed E-state index contributed by atoms with van der Waals surface area (Å²) in [6.45, 7) is 1.97. The molecule has 19 heavy (non-hydrogen) atoms. The van der Waals surface area contributed by atoms with Gasteiger partial charge in [-0.1, -0.05) is 0 Å². The summed E-state index contributed by atoms with van der Waals surface area (Å²) in [5.41, 5.74) is 8.69. The highest BCUT2D eigenvalue weighted by molar-refractivity contribution is 5.87. The van der Waals surface area contributed by atoms with Gasteiger partial charge in [0.05, 0.1) is 7.11 Å². The number of methoxy groups -OCH3 is 1. The van der Waals surface area contributed by atoms with E-state index in [-0.39, 0.29) is 0 Å². The van der Waals surface area contributed by atoms with Gasteiger partial charge in [-0.25, -0.2) is 0 Å². The molecule has 1 aromatic heterocycles. The summed E-state index contributed by atoms with van der Waals surface area (Å²) in [7, 11) is 3.57. The van der Waals surface area contributed by atoms with Crippen LogP contribution >= 0.6 is 0 Å². The van der Waals surface area contributed by atoms with E-state index < -0.39 is 12.0 Å². The summed E-state index contributed by atoms with van der Waals surface area (Å²) in [5.74, 6) is -0.234. The monoisotopic (exact) mass is 262 g/mol. The van der Waals surface area contributed by atoms with E-state index in [9.17, 15) is 4.79 Å². The number of carboxylic acid groups (broad SMARTS) is 1. The number of nitrogens with zero attached hydrogens (tertiary/aromatic N) is 1. The average Bonchev–Trinajstić information content (AvgIpc) is 2.63. The topological polar surface area (TPSA) is 77.5 Å². The second-order valence-corrected chi connectivity index (χ2v) is 4.65. The van der Waals surface area contributed by atoms with Gasteiger partial charge in [0.15, 0.2) is 0 Å². The zero-order chi connectivity index (χ0) is 14.2. The molecule has 3 N–H and O–H groups in total. The predicted octanol–water partition coefficient (Wildman–Crippen LogP) is 1.45. The van der Waals surface area contributed by atoms with Crippen LogP contribution in [0.1, 0.15) is 11.3 Å². The molecule has 1 aromatic carbocycles. The Bertz CT molecular complexity index is 631. The Balaban J connectivity index is 2.58. The van der Waals surface area contributed by atoms with Gasteiger partial charge in [0.2, 0.25) is 0 Å². The van der Waals surface area contributed by atoms with Crippen LogP contribution < -0.4 is 10.5 Å². The maximum Gasteiger partial charge on any atom is 0.320 e. The lowest BCUT2D eigenvalue weighted by Crippen LogP contribution is -2.32. The molecule has 0 saturated heterocycles. The predicted molar refractivity (Wildman–Crippen MR) is 73.5 cm³/mol. The number of aromatic nitrogens is 1. The Morgan fingerprint density at radius 3 is 2.79 bits per heavy atom. The van der Waals surface area contributed by atoms with Crippen molar-refractivity contribution in [2.24, 2.45) is 12.8 Å². The van der Waals surface area contributed by atoms with Gasteiger partial charge in [-0.2, -0.15) is 0 Å². The fourth-order valence-corrected chi connectivity index (χ4v) is 2.32. The Morgan fingerprint density at radius 1 is 1.53 bits per heavy atom. The van der Waals surface area contributed by atoms with Crippen LogP contribution in [0.15, 0.2) is 18.2 Å². The maximum atomic E-state index is 10.9. The molecule has 0 amide bonds. The molecule has 0 spiro atoms. The summed E-state index contributed by atoms with van der Waals surface area (Å²) in [6, 6.07) is 4.89. The lowest BCUT2D eigenvalue weighted by atomic mass is 10.0. The van der Waals surface area contributed by atoms with Crippen molar-refractivity contribution in [1.29, 1.82) is 0 Å². The normalized spacial score (nSPS) is 12.6. The summed E-state index contributed by atoms with van der Waals surface area (Å²) in [4.78, 5) is 10.9. The number of fused-ring (bicyclic) bond motifs is 1. The van der Waals surface area contributed by atoms with Crippen LogP contribution in [-0.4, -0.2) is 28.8 Å². The Morgan fingerprint density at radius 2 is 2.21 bits per heavy atom. The highest BCUT2D eigenvalue weighted by Gasteiger charge is 2.19. The lowest BCUT2D eigenvalue weighted by Gasteiger charge is -2.07. The summed E-state index contributed by atoms with van der Waals surface area (Å²) >= 11 is 0. The number of hydrogen-bond donors (Lipinski definition) is 2. The zero-order valence-electron chi connectivity index (χ0n) is 11.3. The van der Waals surface area contributed by atoms with Crippen molar-refractivity contribution in [2.45, 2.75) is 19.4 Å². The van der Waals surface area contributed by atoms with E-state index in [1.807, 2.05) is 36.7 Å². The molecule has 1 atom stereocenters. The van der Waals surface area contributed by atoms with Gasteiger partial charge in [0, 0.05) is 30.1 Å². The van der Waals surface area contributed by atoms with Crippen LogP contribution in [-0.2, 0) is 18.3 Å². The highest BCUT2D eigenvalue weighted by atomic mass is 16.5. The summed E-state index contributed by atoms with van der Waals surface area (Å²) in [5, 5.41) is 9.95. The van der Waals surface area contributed by atoms with Crippen molar-refractivity contribution in [3.05, 3.63) is 29.5 Å². The van der Waals surface area contributed by atoms with E-state index in [0.717, 1.165) is 27.9 Å². The summed E-state index contributed by atoms with van der Waals surface area (Å²) < 4.78 is 7.26. The minimum absolute atomic E-state index is 0.311. The van der Waals surface area contributed by atoms with Gasteiger partial charge < -0.3 is 20.1 Å².